The van der Waals surface area contributed by atoms with Gasteiger partial charge in [0.1, 0.15) is 11.5 Å². The van der Waals surface area contributed by atoms with Crippen molar-refractivity contribution >= 4 is 5.91 Å². The van der Waals surface area contributed by atoms with E-state index in [1.165, 1.54) is 0 Å². The minimum Gasteiger partial charge on any atom is -0.338 e. The second-order valence-electron chi connectivity index (χ2n) is 5.52. The van der Waals surface area contributed by atoms with E-state index in [0.717, 1.165) is 31.8 Å². The Kier molecular flexibility index (Phi) is 3.77. The van der Waals surface area contributed by atoms with Crippen molar-refractivity contribution in [2.75, 3.05) is 13.1 Å². The summed E-state index contributed by atoms with van der Waals surface area (Å²) in [7, 11) is 2.01. The molecule has 0 N–H and O–H groups in total. The molecule has 21 heavy (non-hydrogen) atoms. The maximum Gasteiger partial charge on any atom is 0.272 e. The van der Waals surface area contributed by atoms with Gasteiger partial charge in [-0.1, -0.05) is 0 Å². The molecule has 0 bridgehead atoms. The monoisotopic (exact) mass is 287 g/mol. The van der Waals surface area contributed by atoms with Gasteiger partial charge in [-0.2, -0.15) is 5.10 Å². The quantitative estimate of drug-likeness (QED) is 0.862. The first-order valence-corrected chi connectivity index (χ1v) is 7.49. The van der Waals surface area contributed by atoms with Gasteiger partial charge in [0.2, 0.25) is 0 Å². The predicted octanol–water partition coefficient (Wildman–Crippen LogP) is 1.66. The van der Waals surface area contributed by atoms with Gasteiger partial charge in [-0.3, -0.25) is 9.48 Å². The van der Waals surface area contributed by atoms with E-state index >= 15 is 0 Å². The molecule has 1 aliphatic heterocycles. The van der Waals surface area contributed by atoms with Crippen LogP contribution < -0.4 is 0 Å². The summed E-state index contributed by atoms with van der Waals surface area (Å²) in [6.45, 7) is 4.26. The van der Waals surface area contributed by atoms with E-state index in [2.05, 4.69) is 14.6 Å². The lowest BCUT2D eigenvalue weighted by molar-refractivity contribution is 0.0691. The Morgan fingerprint density at radius 3 is 3.00 bits per heavy atom. The van der Waals surface area contributed by atoms with Crippen molar-refractivity contribution in [2.24, 2.45) is 7.05 Å². The maximum atomic E-state index is 12.7. The molecule has 0 aromatic carbocycles. The second-order valence-corrected chi connectivity index (χ2v) is 5.52. The van der Waals surface area contributed by atoms with Crippen molar-refractivity contribution in [1.29, 1.82) is 0 Å². The molecular weight excluding hydrogens is 266 g/mol. The number of amides is 1. The summed E-state index contributed by atoms with van der Waals surface area (Å²) in [4.78, 5) is 19.1. The fourth-order valence-electron chi connectivity index (χ4n) is 3.07. The van der Waals surface area contributed by atoms with Crippen LogP contribution in [0.25, 0.3) is 0 Å². The number of aromatic nitrogens is 4. The number of aryl methyl sites for hydroxylation is 2. The fraction of sp³-hybridized carbons (Fsp3) is 0.533. The van der Waals surface area contributed by atoms with Crippen LogP contribution in [0.4, 0.5) is 0 Å². The van der Waals surface area contributed by atoms with Gasteiger partial charge < -0.3 is 9.47 Å². The third-order valence-corrected chi connectivity index (χ3v) is 4.17. The maximum absolute atomic E-state index is 12.7. The molecule has 1 unspecified atom stereocenters. The number of carbonyl (C=O) groups excluding carboxylic acids is 1. The van der Waals surface area contributed by atoms with Gasteiger partial charge in [0.15, 0.2) is 0 Å². The van der Waals surface area contributed by atoms with E-state index in [1.54, 1.807) is 16.9 Å². The molecule has 6 heteroatoms. The topological polar surface area (TPSA) is 56.0 Å². The summed E-state index contributed by atoms with van der Waals surface area (Å²) < 4.78 is 3.81. The van der Waals surface area contributed by atoms with Gasteiger partial charge in [0.25, 0.3) is 5.91 Å². The van der Waals surface area contributed by atoms with E-state index in [1.807, 2.05) is 31.3 Å². The van der Waals surface area contributed by atoms with Gasteiger partial charge in [-0.05, 0) is 25.8 Å². The molecule has 0 radical (unpaired) electrons. The highest BCUT2D eigenvalue weighted by molar-refractivity contribution is 5.92. The Hall–Kier alpha value is -2.11. The summed E-state index contributed by atoms with van der Waals surface area (Å²) in [6.07, 6.45) is 7.58. The molecule has 112 valence electrons. The van der Waals surface area contributed by atoms with Crippen molar-refractivity contribution in [2.45, 2.75) is 32.2 Å². The Balaban J connectivity index is 1.77. The zero-order valence-electron chi connectivity index (χ0n) is 12.6. The molecule has 0 aliphatic carbocycles. The second kappa shape index (κ2) is 5.71. The molecule has 2 aromatic heterocycles. The molecule has 0 spiro atoms. The lowest BCUT2D eigenvalue weighted by Crippen LogP contribution is -2.40. The van der Waals surface area contributed by atoms with Crippen LogP contribution in [0.2, 0.25) is 0 Å². The highest BCUT2D eigenvalue weighted by atomic mass is 16.2. The summed E-state index contributed by atoms with van der Waals surface area (Å²) in [6, 6.07) is 1.80. The lowest BCUT2D eigenvalue weighted by Gasteiger charge is -2.32. The minimum absolute atomic E-state index is 0.0771. The summed E-state index contributed by atoms with van der Waals surface area (Å²) >= 11 is 0. The fourth-order valence-corrected chi connectivity index (χ4v) is 3.07. The lowest BCUT2D eigenvalue weighted by atomic mass is 9.97. The number of likely N-dealkylation sites (tertiary alicyclic amines) is 1. The Morgan fingerprint density at radius 2 is 2.29 bits per heavy atom. The zero-order valence-corrected chi connectivity index (χ0v) is 12.6. The van der Waals surface area contributed by atoms with Crippen LogP contribution in [0.5, 0.6) is 0 Å². The number of piperidine rings is 1. The number of carbonyl (C=O) groups is 1. The highest BCUT2D eigenvalue weighted by Gasteiger charge is 2.28. The number of rotatable bonds is 3. The van der Waals surface area contributed by atoms with E-state index < -0.39 is 0 Å². The van der Waals surface area contributed by atoms with E-state index in [-0.39, 0.29) is 5.91 Å². The van der Waals surface area contributed by atoms with Crippen LogP contribution in [0, 0.1) is 0 Å². The largest absolute Gasteiger partial charge is 0.338 e. The summed E-state index contributed by atoms with van der Waals surface area (Å²) in [5.74, 6) is 1.46. The number of hydrogen-bond donors (Lipinski definition) is 0. The molecule has 1 fully saturated rings. The van der Waals surface area contributed by atoms with Crippen molar-refractivity contribution in [3.8, 4) is 0 Å². The normalized spacial score (nSPS) is 19.0. The van der Waals surface area contributed by atoms with Crippen molar-refractivity contribution < 1.29 is 4.79 Å². The Labute approximate surface area is 124 Å². The number of imidazole rings is 1. The Morgan fingerprint density at radius 1 is 1.43 bits per heavy atom. The molecule has 0 saturated carbocycles. The van der Waals surface area contributed by atoms with Gasteiger partial charge in [0, 0.05) is 51.2 Å². The Bertz CT molecular complexity index is 630. The van der Waals surface area contributed by atoms with E-state index in [0.29, 0.717) is 18.2 Å². The third-order valence-electron chi connectivity index (χ3n) is 4.17. The molecule has 6 nitrogen and oxygen atoms in total. The van der Waals surface area contributed by atoms with Crippen LogP contribution >= 0.6 is 0 Å². The van der Waals surface area contributed by atoms with Gasteiger partial charge in [-0.25, -0.2) is 4.98 Å². The highest BCUT2D eigenvalue weighted by Crippen LogP contribution is 2.26. The molecular formula is C15H21N5O. The van der Waals surface area contributed by atoms with Crippen molar-refractivity contribution in [3.05, 3.63) is 36.2 Å². The molecule has 1 saturated heterocycles. The van der Waals surface area contributed by atoms with Gasteiger partial charge in [-0.15, -0.1) is 0 Å². The molecule has 3 rings (SSSR count). The average Bonchev–Trinajstić information content (AvgIpc) is 3.15. The predicted molar refractivity (Wildman–Crippen MR) is 79.0 cm³/mol. The SMILES string of the molecule is CCn1nccc1C(=O)N1CCCC(c2nccn2C)C1. The molecule has 1 amide bonds. The van der Waals surface area contributed by atoms with Crippen LogP contribution in [0.3, 0.4) is 0 Å². The molecule has 1 atom stereocenters. The first-order valence-electron chi connectivity index (χ1n) is 7.49. The van der Waals surface area contributed by atoms with Gasteiger partial charge >= 0.3 is 0 Å². The smallest absolute Gasteiger partial charge is 0.272 e. The molecule has 1 aliphatic rings. The van der Waals surface area contributed by atoms with Gasteiger partial charge in [0.05, 0.1) is 0 Å². The van der Waals surface area contributed by atoms with Crippen LogP contribution in [0.15, 0.2) is 24.7 Å². The first kappa shape index (κ1) is 13.9. The number of hydrogen-bond acceptors (Lipinski definition) is 3. The van der Waals surface area contributed by atoms with Crippen LogP contribution in [0.1, 0.15) is 42.0 Å². The average molecular weight is 287 g/mol. The van der Waals surface area contributed by atoms with Crippen molar-refractivity contribution in [3.63, 3.8) is 0 Å². The van der Waals surface area contributed by atoms with E-state index in [9.17, 15) is 4.79 Å². The molecule has 2 aromatic rings. The summed E-state index contributed by atoms with van der Waals surface area (Å²) in [5.41, 5.74) is 0.679. The third kappa shape index (κ3) is 2.57. The van der Waals surface area contributed by atoms with Crippen LogP contribution in [-0.2, 0) is 13.6 Å². The minimum atomic E-state index is 0.0771. The standard InChI is InChI=1S/C15H21N5O/c1-3-20-13(6-7-17-20)15(21)19-9-4-5-12(11-19)14-16-8-10-18(14)2/h6-8,10,12H,3-5,9,11H2,1-2H3. The molecule has 3 heterocycles. The first-order chi connectivity index (χ1) is 10.2. The van der Waals surface area contributed by atoms with E-state index in [4.69, 9.17) is 0 Å². The van der Waals surface area contributed by atoms with Crippen LogP contribution in [-0.4, -0.2) is 43.2 Å². The van der Waals surface area contributed by atoms with Crippen molar-refractivity contribution in [1.82, 2.24) is 24.2 Å². The summed E-state index contributed by atoms with van der Waals surface area (Å²) in [5, 5.41) is 4.19. The number of nitrogens with zero attached hydrogens (tertiary/aromatic N) is 5. The zero-order chi connectivity index (χ0) is 14.8.